The van der Waals surface area contributed by atoms with Crippen LogP contribution in [-0.4, -0.2) is 6.10 Å². The first-order chi connectivity index (χ1) is 65.9. The fraction of sp³-hybridized carbons (Fsp3) is 0.398. The van der Waals surface area contributed by atoms with E-state index in [1.807, 2.05) is 78.8 Å². The van der Waals surface area contributed by atoms with E-state index in [-0.39, 0.29) is 28.6 Å². The number of aryl methyl sites for hydroxylation is 18. The number of benzene rings is 11. The first kappa shape index (κ1) is 105. The zero-order chi connectivity index (χ0) is 101. The largest absolute Gasteiger partial charge is 0.488 e. The molecule has 11 aromatic rings. The van der Waals surface area contributed by atoms with Gasteiger partial charge in [0.1, 0.15) is 71.1 Å². The van der Waals surface area contributed by atoms with Crippen molar-refractivity contribution in [3.8, 4) is 74.7 Å². The Bertz CT molecular complexity index is 6030. The molecule has 0 heterocycles. The van der Waals surface area contributed by atoms with Crippen LogP contribution in [-0.2, 0) is 18.6 Å². The van der Waals surface area contributed by atoms with Crippen LogP contribution >= 0.6 is 0 Å². The number of ether oxygens (including phenoxy) is 8. The van der Waals surface area contributed by atoms with E-state index in [0.29, 0.717) is 75.2 Å². The second-order valence-electron chi connectivity index (χ2n) is 41.6. The Morgan fingerprint density at radius 3 is 0.827 bits per heavy atom. The summed E-state index contributed by atoms with van der Waals surface area (Å²) in [6, 6.07) is 43.4. The third-order valence-corrected chi connectivity index (χ3v) is 29.1. The fourth-order valence-electron chi connectivity index (χ4n) is 22.9. The minimum Gasteiger partial charge on any atom is -0.488 e. The molecule has 0 amide bonds. The Kier molecular flexibility index (Phi) is 33.7. The fourth-order valence-corrected chi connectivity index (χ4v) is 22.9. The lowest BCUT2D eigenvalue weighted by Crippen LogP contribution is -2.28. The molecule has 736 valence electrons. The highest BCUT2D eigenvalue weighted by atomic mass is 19.2. The van der Waals surface area contributed by atoms with Crippen molar-refractivity contribution in [3.05, 3.63) is 344 Å². The minimum atomic E-state index is -1.70. The quantitative estimate of drug-likeness (QED) is 0.0552. The Hall–Kier alpha value is -11.8. The van der Waals surface area contributed by atoms with E-state index in [0.717, 1.165) is 61.6 Å². The van der Waals surface area contributed by atoms with Crippen molar-refractivity contribution >= 4 is 12.2 Å². The molecule has 6 fully saturated rings. The van der Waals surface area contributed by atoms with Crippen molar-refractivity contribution in [3.63, 3.8) is 0 Å². The number of allylic oxidation sites excluding steroid dienone is 2. The summed E-state index contributed by atoms with van der Waals surface area (Å²) in [5.74, 6) is -4.16. The van der Waals surface area contributed by atoms with Crippen LogP contribution < -0.4 is 37.9 Å². The molecule has 139 heavy (non-hydrogen) atoms. The molecule has 16 heteroatoms. The van der Waals surface area contributed by atoms with Crippen LogP contribution in [0.1, 0.15) is 247 Å². The van der Waals surface area contributed by atoms with E-state index < -0.39 is 75.6 Å². The maximum atomic E-state index is 15.2. The molecule has 6 saturated carbocycles. The van der Waals surface area contributed by atoms with Gasteiger partial charge in [0.2, 0.25) is 63.8 Å². The minimum absolute atomic E-state index is 0.0212. The number of hydrogen-bond acceptors (Lipinski definition) is 8. The highest BCUT2D eigenvalue weighted by Gasteiger charge is 2.50. The average molecular weight is 1900 g/mol. The highest BCUT2D eigenvalue weighted by Crippen LogP contribution is 2.60. The molecule has 10 unspecified atom stereocenters. The Morgan fingerprint density at radius 1 is 0.309 bits per heavy atom. The summed E-state index contributed by atoms with van der Waals surface area (Å²) in [6.45, 7) is 54.8. The van der Waals surface area contributed by atoms with Gasteiger partial charge in [-0.05, 0) is 391 Å². The Morgan fingerprint density at radius 2 is 0.561 bits per heavy atom. The normalized spacial score (nSPS) is 19.4. The molecule has 0 saturated heterocycles. The van der Waals surface area contributed by atoms with Crippen LogP contribution in [0.5, 0.6) is 74.7 Å². The molecule has 0 spiro atoms. The van der Waals surface area contributed by atoms with Crippen LogP contribution in [0.4, 0.5) is 35.1 Å². The zero-order valence-electron chi connectivity index (χ0n) is 85.9. The lowest BCUT2D eigenvalue weighted by atomic mass is 9.82. The molecule has 18 rings (SSSR count). The van der Waals surface area contributed by atoms with Gasteiger partial charge in [-0.1, -0.05) is 215 Å². The lowest BCUT2D eigenvalue weighted by molar-refractivity contribution is 0.173. The van der Waals surface area contributed by atoms with Gasteiger partial charge < -0.3 is 37.9 Å². The van der Waals surface area contributed by atoms with Gasteiger partial charge >= 0.3 is 0 Å². The van der Waals surface area contributed by atoms with Crippen LogP contribution in [0, 0.1) is 224 Å². The van der Waals surface area contributed by atoms with E-state index in [1.165, 1.54) is 97.4 Å². The predicted octanol–water partition coefficient (Wildman–Crippen LogP) is 36.1. The maximum Gasteiger partial charge on any atom is 0.208 e. The van der Waals surface area contributed by atoms with Gasteiger partial charge in [0.25, 0.3) is 0 Å². The smallest absolute Gasteiger partial charge is 0.208 e. The molecule has 7 aliphatic rings. The molecule has 0 aliphatic heterocycles. The van der Waals surface area contributed by atoms with Crippen molar-refractivity contribution in [2.75, 3.05) is 0 Å². The van der Waals surface area contributed by atoms with Gasteiger partial charge in [-0.15, -0.1) is 0 Å². The molecule has 8 nitrogen and oxygen atoms in total. The summed E-state index contributed by atoms with van der Waals surface area (Å²) in [4.78, 5) is 0. The van der Waals surface area contributed by atoms with Gasteiger partial charge in [-0.3, -0.25) is 0 Å². The molecule has 11 aromatic carbocycles. The summed E-state index contributed by atoms with van der Waals surface area (Å²) in [6.07, 6.45) is 25.6. The van der Waals surface area contributed by atoms with E-state index in [4.69, 9.17) is 37.9 Å². The first-order valence-corrected chi connectivity index (χ1v) is 49.4. The predicted molar refractivity (Wildman–Crippen MR) is 548 cm³/mol. The number of rotatable bonds is 20. The Labute approximate surface area is 820 Å². The van der Waals surface area contributed by atoms with Crippen molar-refractivity contribution < 1.29 is 73.0 Å². The van der Waals surface area contributed by atoms with Crippen LogP contribution in [0.2, 0.25) is 0 Å². The van der Waals surface area contributed by atoms with Crippen molar-refractivity contribution in [1.82, 2.24) is 0 Å². The van der Waals surface area contributed by atoms with Crippen molar-refractivity contribution in [1.29, 1.82) is 0 Å². The summed E-state index contributed by atoms with van der Waals surface area (Å²) in [5, 5.41) is 0. The summed E-state index contributed by atoms with van der Waals surface area (Å²) < 4.78 is 167. The van der Waals surface area contributed by atoms with Crippen LogP contribution in [0.25, 0.3) is 12.2 Å². The molecular weight excluding hydrogens is 1760 g/mol. The number of halogens is 8. The topological polar surface area (TPSA) is 73.8 Å². The first-order valence-electron chi connectivity index (χ1n) is 49.4. The molecule has 0 N–H and O–H groups in total. The molecule has 4 bridgehead atoms. The van der Waals surface area contributed by atoms with Gasteiger partial charge in [-0.25, -0.2) is 0 Å². The van der Waals surface area contributed by atoms with Crippen LogP contribution in [0.3, 0.4) is 0 Å². The Balaban J connectivity index is 0.000000151. The third-order valence-electron chi connectivity index (χ3n) is 29.1. The molecule has 7 aliphatic carbocycles. The number of fused-ring (bicyclic) bond motifs is 10. The second kappa shape index (κ2) is 44.8. The molecule has 0 radical (unpaired) electrons. The van der Waals surface area contributed by atoms with Gasteiger partial charge in [0, 0.05) is 5.92 Å². The summed E-state index contributed by atoms with van der Waals surface area (Å²) in [7, 11) is 0. The van der Waals surface area contributed by atoms with E-state index in [2.05, 4.69) is 160 Å². The maximum absolute atomic E-state index is 15.2. The van der Waals surface area contributed by atoms with E-state index in [1.54, 1.807) is 175 Å². The summed E-state index contributed by atoms with van der Waals surface area (Å²) in [5.41, 5.74) is 23.6. The van der Waals surface area contributed by atoms with Crippen molar-refractivity contribution in [2.45, 2.75) is 268 Å². The van der Waals surface area contributed by atoms with Gasteiger partial charge in [0.15, 0.2) is 5.75 Å². The average Bonchev–Trinajstić information content (AvgIpc) is 1.26. The zero-order valence-corrected chi connectivity index (χ0v) is 85.9. The van der Waals surface area contributed by atoms with Gasteiger partial charge in [0.05, 0.1) is 0 Å². The standard InChI is InChI=1S/C35H36F4O3.C32H32F4O3.2C18H20O.2C10H16/c1-17-11-18(2)31(19(3)12-17)41-33-26(36)28(38)34(29(39)27(33)37)42-32-22(6)15-25(16-23(32)7)40-30-20(4)13-24(14-21(30)5)35(8,9)10;1-15-9-17(3)28(18(4)10-15)37-23-13-21(7)30(22(8)14-23)39-32-26(35)24(33)31(25(34)27(32)36)38-29-19(5)11-16(2)12-20(29)6;2*1-5-16-6-8-17(9-7-16)12-19-18-14(3)10-13(2)11-15(18)4;2*1-2-9-7-4-5-8(6-7)10(9)3-1/h11-16H,1-10H3;9-14,19,29H,1-8H3;2*5-11H,1,12H2,2-4H3;2*7-10H,1-6H2. The van der Waals surface area contributed by atoms with Gasteiger partial charge in [-0.2, -0.15) is 35.1 Å². The van der Waals surface area contributed by atoms with E-state index >= 15 is 35.1 Å². The summed E-state index contributed by atoms with van der Waals surface area (Å²) >= 11 is 0. The second-order valence-corrected chi connectivity index (χ2v) is 41.6. The monoisotopic (exact) mass is 1900 g/mol. The third kappa shape index (κ3) is 24.5. The van der Waals surface area contributed by atoms with E-state index in [9.17, 15) is 0 Å². The molecule has 0 aromatic heterocycles. The number of hydrogen-bond donors (Lipinski definition) is 0. The van der Waals surface area contributed by atoms with Crippen LogP contribution in [0.15, 0.2) is 170 Å². The molecular formula is C123H140F8O8. The highest BCUT2D eigenvalue weighted by molar-refractivity contribution is 5.58. The lowest BCUT2D eigenvalue weighted by Gasteiger charge is -2.28. The SMILES string of the molecule is C1CC2C3CCC(C3)C2C1.C1CC2C3CCC(C3)C2C1.C=Cc1ccc(COc2c(C)cc(C)cc2C)cc1.C=Cc1ccc(COc2c(C)cc(C)cc2C)cc1.CC1=CC(C)C(Oc2c(F)c(F)c(Oc3c(C)cc(Oc4c(C)cc(C)cc4C)cc3C)c(F)c2F)C(C)=C1.Cc1cc(C)c(Oc2c(F)c(F)c(Oc3c(C)cc(Oc4c(C)cc(C(C)(C)C)cc4C)cc3C)c(F)c2F)c(C)c1. The van der Waals surface area contributed by atoms with Crippen molar-refractivity contribution in [2.24, 2.45) is 53.3 Å². The molecule has 10 atom stereocenters.